The Bertz CT molecular complexity index is 1440. The SMILES string of the molecule is O=C(CNC(=O)c1ccccc1-c1ccc(Cn2cccn2)cc1)Nc1ccc(-n2cncn2)cc1. The highest BCUT2D eigenvalue weighted by Gasteiger charge is 2.14. The Balaban J connectivity index is 1.20. The van der Waals surface area contributed by atoms with Gasteiger partial charge in [0.05, 0.1) is 18.8 Å². The second-order valence-corrected chi connectivity index (χ2v) is 8.06. The Morgan fingerprint density at radius 2 is 1.67 bits per heavy atom. The molecular weight excluding hydrogens is 454 g/mol. The zero-order valence-corrected chi connectivity index (χ0v) is 19.3. The summed E-state index contributed by atoms with van der Waals surface area (Å²) in [6.07, 6.45) is 6.71. The first kappa shape index (κ1) is 22.7. The van der Waals surface area contributed by atoms with E-state index in [0.717, 1.165) is 22.4 Å². The third kappa shape index (κ3) is 5.36. The molecule has 3 aromatic carbocycles. The summed E-state index contributed by atoms with van der Waals surface area (Å²) in [5, 5.41) is 13.8. The predicted molar refractivity (Wildman–Crippen MR) is 136 cm³/mol. The van der Waals surface area contributed by atoms with E-state index in [2.05, 4.69) is 25.8 Å². The smallest absolute Gasteiger partial charge is 0.252 e. The van der Waals surface area contributed by atoms with Gasteiger partial charge in [-0.1, -0.05) is 42.5 Å². The van der Waals surface area contributed by atoms with Crippen LogP contribution in [0.4, 0.5) is 5.69 Å². The van der Waals surface area contributed by atoms with Crippen molar-refractivity contribution < 1.29 is 9.59 Å². The molecule has 2 heterocycles. The van der Waals surface area contributed by atoms with Crippen molar-refractivity contribution in [2.24, 2.45) is 0 Å². The molecule has 9 heteroatoms. The normalized spacial score (nSPS) is 10.7. The van der Waals surface area contributed by atoms with Crippen LogP contribution in [0.1, 0.15) is 15.9 Å². The standard InChI is InChI=1S/C27H23N7O2/c35-26(32-22-10-12-23(13-11-22)34-19-28-18-31-34)16-29-27(36)25-5-2-1-4-24(25)21-8-6-20(7-9-21)17-33-15-3-14-30-33/h1-15,18-19H,16-17H2,(H,29,36)(H,32,35). The van der Waals surface area contributed by atoms with E-state index in [1.807, 2.05) is 65.5 Å². The fourth-order valence-electron chi connectivity index (χ4n) is 3.80. The lowest BCUT2D eigenvalue weighted by atomic mass is 9.98. The molecule has 0 saturated carbocycles. The van der Waals surface area contributed by atoms with Gasteiger partial charge in [0.2, 0.25) is 5.91 Å². The van der Waals surface area contributed by atoms with Crippen molar-refractivity contribution in [3.8, 4) is 16.8 Å². The van der Waals surface area contributed by atoms with Gasteiger partial charge >= 0.3 is 0 Å². The number of nitrogens with zero attached hydrogens (tertiary/aromatic N) is 5. The van der Waals surface area contributed by atoms with Crippen LogP contribution >= 0.6 is 0 Å². The quantitative estimate of drug-likeness (QED) is 0.356. The molecule has 178 valence electrons. The highest BCUT2D eigenvalue weighted by molar-refractivity contribution is 6.03. The van der Waals surface area contributed by atoms with Crippen LogP contribution in [-0.4, -0.2) is 42.9 Å². The zero-order chi connectivity index (χ0) is 24.7. The minimum Gasteiger partial charge on any atom is -0.343 e. The van der Waals surface area contributed by atoms with Crippen molar-refractivity contribution in [1.29, 1.82) is 0 Å². The minimum absolute atomic E-state index is 0.152. The lowest BCUT2D eigenvalue weighted by molar-refractivity contribution is -0.115. The molecule has 0 aliphatic rings. The average Bonchev–Trinajstić information content (AvgIpc) is 3.63. The summed E-state index contributed by atoms with van der Waals surface area (Å²) in [5.41, 5.74) is 4.77. The molecule has 0 atom stereocenters. The molecule has 0 saturated heterocycles. The number of aromatic nitrogens is 5. The average molecular weight is 478 g/mol. The van der Waals surface area contributed by atoms with E-state index in [-0.39, 0.29) is 18.4 Å². The van der Waals surface area contributed by atoms with E-state index >= 15 is 0 Å². The Morgan fingerprint density at radius 3 is 2.39 bits per heavy atom. The van der Waals surface area contributed by atoms with E-state index in [0.29, 0.717) is 17.8 Å². The maximum absolute atomic E-state index is 12.9. The second-order valence-electron chi connectivity index (χ2n) is 8.06. The molecule has 2 N–H and O–H groups in total. The monoisotopic (exact) mass is 477 g/mol. The summed E-state index contributed by atoms with van der Waals surface area (Å²) >= 11 is 0. The molecular formula is C27H23N7O2. The number of benzene rings is 3. The van der Waals surface area contributed by atoms with Gasteiger partial charge in [-0.25, -0.2) is 9.67 Å². The van der Waals surface area contributed by atoms with Gasteiger partial charge in [0.25, 0.3) is 5.91 Å². The number of carbonyl (C=O) groups is 2. The van der Waals surface area contributed by atoms with Gasteiger partial charge in [-0.3, -0.25) is 14.3 Å². The molecule has 2 aromatic heterocycles. The summed E-state index contributed by atoms with van der Waals surface area (Å²) in [5.74, 6) is -0.639. The van der Waals surface area contributed by atoms with Gasteiger partial charge in [-0.05, 0) is 53.1 Å². The first-order valence-electron chi connectivity index (χ1n) is 11.3. The fraction of sp³-hybridized carbons (Fsp3) is 0.0741. The van der Waals surface area contributed by atoms with Crippen LogP contribution < -0.4 is 10.6 Å². The van der Waals surface area contributed by atoms with Gasteiger partial charge in [0.1, 0.15) is 12.7 Å². The van der Waals surface area contributed by atoms with Crippen LogP contribution in [0.5, 0.6) is 0 Å². The van der Waals surface area contributed by atoms with E-state index in [9.17, 15) is 9.59 Å². The first-order valence-corrected chi connectivity index (χ1v) is 11.3. The summed E-state index contributed by atoms with van der Waals surface area (Å²) in [6, 6.07) is 24.4. The molecule has 0 fully saturated rings. The number of hydrogen-bond acceptors (Lipinski definition) is 5. The Morgan fingerprint density at radius 1 is 0.861 bits per heavy atom. The van der Waals surface area contributed by atoms with Gasteiger partial charge in [0.15, 0.2) is 0 Å². The van der Waals surface area contributed by atoms with E-state index in [4.69, 9.17) is 0 Å². The third-order valence-corrected chi connectivity index (χ3v) is 5.58. The number of amides is 2. The predicted octanol–water partition coefficient (Wildman–Crippen LogP) is 3.55. The van der Waals surface area contributed by atoms with Crippen LogP contribution in [0.25, 0.3) is 16.8 Å². The van der Waals surface area contributed by atoms with Crippen LogP contribution in [0.15, 0.2) is 104 Å². The molecule has 0 radical (unpaired) electrons. The second kappa shape index (κ2) is 10.5. The van der Waals surface area contributed by atoms with Crippen molar-refractivity contribution in [3.63, 3.8) is 0 Å². The van der Waals surface area contributed by atoms with E-state index < -0.39 is 0 Å². The lowest BCUT2D eigenvalue weighted by Gasteiger charge is -2.12. The number of hydrogen-bond donors (Lipinski definition) is 2. The Kier molecular flexibility index (Phi) is 6.61. The number of anilines is 1. The molecule has 2 amide bonds. The zero-order valence-electron chi connectivity index (χ0n) is 19.3. The molecule has 0 bridgehead atoms. The van der Waals surface area contributed by atoms with Crippen molar-refractivity contribution in [3.05, 3.63) is 115 Å². The van der Waals surface area contributed by atoms with Crippen molar-refractivity contribution in [2.75, 3.05) is 11.9 Å². The summed E-state index contributed by atoms with van der Waals surface area (Å²) in [7, 11) is 0. The first-order chi connectivity index (χ1) is 17.7. The molecule has 5 rings (SSSR count). The van der Waals surface area contributed by atoms with Crippen LogP contribution in [-0.2, 0) is 11.3 Å². The summed E-state index contributed by atoms with van der Waals surface area (Å²) < 4.78 is 3.48. The van der Waals surface area contributed by atoms with E-state index in [1.165, 1.54) is 6.33 Å². The molecule has 0 spiro atoms. The topological polar surface area (TPSA) is 107 Å². The Labute approximate surface area is 207 Å². The van der Waals surface area contributed by atoms with Crippen molar-refractivity contribution in [1.82, 2.24) is 29.9 Å². The minimum atomic E-state index is -0.322. The number of nitrogens with one attached hydrogen (secondary N) is 2. The highest BCUT2D eigenvalue weighted by atomic mass is 16.2. The summed E-state index contributed by atoms with van der Waals surface area (Å²) in [6.45, 7) is 0.522. The van der Waals surface area contributed by atoms with Crippen molar-refractivity contribution >= 4 is 17.5 Å². The number of rotatable bonds is 8. The van der Waals surface area contributed by atoms with Crippen LogP contribution in [0.3, 0.4) is 0 Å². The van der Waals surface area contributed by atoms with Crippen LogP contribution in [0.2, 0.25) is 0 Å². The highest BCUT2D eigenvalue weighted by Crippen LogP contribution is 2.24. The molecule has 0 aliphatic heterocycles. The Hall–Kier alpha value is -5.05. The third-order valence-electron chi connectivity index (χ3n) is 5.58. The maximum Gasteiger partial charge on any atom is 0.252 e. The molecule has 0 unspecified atom stereocenters. The van der Waals surface area contributed by atoms with Gasteiger partial charge in [0, 0.05) is 23.6 Å². The summed E-state index contributed by atoms with van der Waals surface area (Å²) in [4.78, 5) is 29.3. The van der Waals surface area contributed by atoms with Crippen molar-refractivity contribution in [2.45, 2.75) is 6.54 Å². The molecule has 0 aliphatic carbocycles. The molecule has 9 nitrogen and oxygen atoms in total. The van der Waals surface area contributed by atoms with Gasteiger partial charge in [-0.15, -0.1) is 0 Å². The lowest BCUT2D eigenvalue weighted by Crippen LogP contribution is -2.33. The van der Waals surface area contributed by atoms with Gasteiger partial charge in [-0.2, -0.15) is 10.2 Å². The molecule has 5 aromatic rings. The fourth-order valence-corrected chi connectivity index (χ4v) is 3.80. The van der Waals surface area contributed by atoms with Gasteiger partial charge < -0.3 is 10.6 Å². The van der Waals surface area contributed by atoms with E-state index in [1.54, 1.807) is 41.5 Å². The maximum atomic E-state index is 12.9. The molecule has 36 heavy (non-hydrogen) atoms. The number of carbonyl (C=O) groups excluding carboxylic acids is 2. The largest absolute Gasteiger partial charge is 0.343 e. The van der Waals surface area contributed by atoms with Crippen LogP contribution in [0, 0.1) is 0 Å².